The standard InChI is InChI=1S/C18H19BrN2OS/c1-12(2)10-21-17(22)11-23-18(21)15-7-8-20-9-16(15)13-3-5-14(19)6-4-13/h3-9,12,18H,10-11H2,1-2H3. The molecule has 0 aliphatic carbocycles. The number of carbonyl (C=O) groups is 1. The number of amides is 1. The van der Waals surface area contributed by atoms with E-state index in [-0.39, 0.29) is 11.3 Å². The van der Waals surface area contributed by atoms with Crippen molar-refractivity contribution in [3.63, 3.8) is 0 Å². The number of halogens is 1. The Morgan fingerprint density at radius 3 is 2.74 bits per heavy atom. The SMILES string of the molecule is CC(C)CN1C(=O)CSC1c1ccncc1-c1ccc(Br)cc1. The summed E-state index contributed by atoms with van der Waals surface area (Å²) in [4.78, 5) is 18.6. The minimum Gasteiger partial charge on any atom is -0.326 e. The van der Waals surface area contributed by atoms with Crippen molar-refractivity contribution < 1.29 is 4.79 Å². The van der Waals surface area contributed by atoms with Gasteiger partial charge < -0.3 is 4.90 Å². The fourth-order valence-corrected chi connectivity index (χ4v) is 4.29. The van der Waals surface area contributed by atoms with Gasteiger partial charge in [0.1, 0.15) is 5.37 Å². The average molecular weight is 391 g/mol. The number of hydrogen-bond acceptors (Lipinski definition) is 3. The van der Waals surface area contributed by atoms with Crippen LogP contribution in [0.2, 0.25) is 0 Å². The third kappa shape index (κ3) is 3.61. The lowest BCUT2D eigenvalue weighted by molar-refractivity contribution is -0.128. The maximum absolute atomic E-state index is 12.3. The number of thioether (sulfide) groups is 1. The maximum atomic E-state index is 12.3. The second-order valence-electron chi connectivity index (χ2n) is 6.07. The Labute approximate surface area is 149 Å². The van der Waals surface area contributed by atoms with Crippen LogP contribution in [0, 0.1) is 5.92 Å². The van der Waals surface area contributed by atoms with Crippen LogP contribution in [0.3, 0.4) is 0 Å². The van der Waals surface area contributed by atoms with E-state index in [2.05, 4.69) is 46.9 Å². The van der Waals surface area contributed by atoms with Crippen LogP contribution in [0.4, 0.5) is 0 Å². The summed E-state index contributed by atoms with van der Waals surface area (Å²) in [6.45, 7) is 5.09. The van der Waals surface area contributed by atoms with Gasteiger partial charge in [0.05, 0.1) is 5.75 Å². The molecule has 1 atom stereocenters. The lowest BCUT2D eigenvalue weighted by Crippen LogP contribution is -2.31. The Morgan fingerprint density at radius 2 is 2.04 bits per heavy atom. The third-order valence-corrected chi connectivity index (χ3v) is 5.57. The van der Waals surface area contributed by atoms with Crippen molar-refractivity contribution in [3.05, 3.63) is 52.8 Å². The number of hydrogen-bond donors (Lipinski definition) is 0. The van der Waals surface area contributed by atoms with Gasteiger partial charge >= 0.3 is 0 Å². The number of nitrogens with zero attached hydrogens (tertiary/aromatic N) is 2. The molecule has 1 aromatic heterocycles. The van der Waals surface area contributed by atoms with Crippen LogP contribution in [0.15, 0.2) is 47.2 Å². The first-order valence-corrected chi connectivity index (χ1v) is 9.51. The summed E-state index contributed by atoms with van der Waals surface area (Å²) in [7, 11) is 0. The third-order valence-electron chi connectivity index (χ3n) is 3.81. The van der Waals surface area contributed by atoms with E-state index in [1.165, 1.54) is 5.56 Å². The molecule has 2 aromatic rings. The van der Waals surface area contributed by atoms with Gasteiger partial charge in [-0.25, -0.2) is 0 Å². The predicted molar refractivity (Wildman–Crippen MR) is 99.1 cm³/mol. The highest BCUT2D eigenvalue weighted by atomic mass is 79.9. The zero-order valence-electron chi connectivity index (χ0n) is 13.2. The Bertz CT molecular complexity index is 702. The van der Waals surface area contributed by atoms with Crippen LogP contribution in [0.5, 0.6) is 0 Å². The summed E-state index contributed by atoms with van der Waals surface area (Å²) in [5.41, 5.74) is 3.39. The first kappa shape index (κ1) is 16.5. The van der Waals surface area contributed by atoms with E-state index in [1.54, 1.807) is 11.8 Å². The van der Waals surface area contributed by atoms with Gasteiger partial charge in [0, 0.05) is 29.0 Å². The molecule has 1 fully saturated rings. The van der Waals surface area contributed by atoms with Crippen LogP contribution in [-0.4, -0.2) is 28.1 Å². The van der Waals surface area contributed by atoms with E-state index in [9.17, 15) is 4.79 Å². The second kappa shape index (κ2) is 7.05. The van der Waals surface area contributed by atoms with Gasteiger partial charge in [-0.15, -0.1) is 11.8 Å². The van der Waals surface area contributed by atoms with E-state index in [0.717, 1.165) is 22.1 Å². The second-order valence-corrected chi connectivity index (χ2v) is 8.06. The van der Waals surface area contributed by atoms with E-state index >= 15 is 0 Å². The quantitative estimate of drug-likeness (QED) is 0.755. The van der Waals surface area contributed by atoms with Gasteiger partial charge in [0.15, 0.2) is 0 Å². The number of rotatable bonds is 4. The summed E-state index contributed by atoms with van der Waals surface area (Å²) in [5, 5.41) is 0.0755. The van der Waals surface area contributed by atoms with Gasteiger partial charge in [0.2, 0.25) is 5.91 Å². The summed E-state index contributed by atoms with van der Waals surface area (Å²) >= 11 is 5.18. The Kier molecular flexibility index (Phi) is 5.07. The summed E-state index contributed by atoms with van der Waals surface area (Å²) in [6.07, 6.45) is 3.71. The normalized spacial score (nSPS) is 18.0. The fraction of sp³-hybridized carbons (Fsp3) is 0.333. The highest BCUT2D eigenvalue weighted by molar-refractivity contribution is 9.10. The molecule has 0 radical (unpaired) electrons. The summed E-state index contributed by atoms with van der Waals surface area (Å²) in [6, 6.07) is 10.3. The highest BCUT2D eigenvalue weighted by Crippen LogP contribution is 2.42. The molecule has 0 bridgehead atoms. The molecule has 1 aliphatic rings. The number of carbonyl (C=O) groups excluding carboxylic acids is 1. The zero-order valence-corrected chi connectivity index (χ0v) is 15.6. The van der Waals surface area contributed by atoms with Crippen molar-refractivity contribution in [3.8, 4) is 11.1 Å². The lowest BCUT2D eigenvalue weighted by atomic mass is 10.0. The smallest absolute Gasteiger partial charge is 0.233 e. The Hall–Kier alpha value is -1.33. The van der Waals surface area contributed by atoms with E-state index in [4.69, 9.17) is 0 Å². The van der Waals surface area contributed by atoms with Gasteiger partial charge in [-0.05, 0) is 35.2 Å². The van der Waals surface area contributed by atoms with Crippen molar-refractivity contribution in [2.75, 3.05) is 12.3 Å². The fourth-order valence-electron chi connectivity index (χ4n) is 2.79. The Morgan fingerprint density at radius 1 is 1.30 bits per heavy atom. The number of aromatic nitrogens is 1. The van der Waals surface area contributed by atoms with Gasteiger partial charge in [-0.1, -0.05) is 41.9 Å². The minimum atomic E-state index is 0.0755. The molecular weight excluding hydrogens is 372 g/mol. The van der Waals surface area contributed by atoms with Crippen molar-refractivity contribution in [2.45, 2.75) is 19.2 Å². The van der Waals surface area contributed by atoms with Crippen molar-refractivity contribution in [2.24, 2.45) is 5.92 Å². The van der Waals surface area contributed by atoms with Crippen molar-refractivity contribution >= 4 is 33.6 Å². The molecule has 1 aliphatic heterocycles. The molecule has 1 amide bonds. The van der Waals surface area contributed by atoms with Crippen LogP contribution in [0.25, 0.3) is 11.1 Å². The highest BCUT2D eigenvalue weighted by Gasteiger charge is 2.34. The zero-order chi connectivity index (χ0) is 16.4. The van der Waals surface area contributed by atoms with Crippen LogP contribution < -0.4 is 0 Å². The van der Waals surface area contributed by atoms with Gasteiger partial charge in [-0.3, -0.25) is 9.78 Å². The minimum absolute atomic E-state index is 0.0755. The number of benzene rings is 1. The molecule has 1 saturated heterocycles. The van der Waals surface area contributed by atoms with Crippen molar-refractivity contribution in [1.29, 1.82) is 0 Å². The largest absolute Gasteiger partial charge is 0.326 e. The van der Waals surface area contributed by atoms with E-state index < -0.39 is 0 Å². The first-order chi connectivity index (χ1) is 11.1. The predicted octanol–water partition coefficient (Wildman–Crippen LogP) is 4.74. The van der Waals surface area contributed by atoms with E-state index in [1.807, 2.05) is 35.5 Å². The Balaban J connectivity index is 1.99. The molecule has 0 N–H and O–H groups in total. The average Bonchev–Trinajstić information content (AvgIpc) is 2.88. The first-order valence-electron chi connectivity index (χ1n) is 7.67. The molecular formula is C18H19BrN2OS. The molecule has 5 heteroatoms. The molecule has 1 unspecified atom stereocenters. The molecule has 1 aromatic carbocycles. The summed E-state index contributed by atoms with van der Waals surface area (Å²) in [5.74, 6) is 1.24. The van der Waals surface area contributed by atoms with Gasteiger partial charge in [-0.2, -0.15) is 0 Å². The molecule has 2 heterocycles. The van der Waals surface area contributed by atoms with Gasteiger partial charge in [0.25, 0.3) is 0 Å². The van der Waals surface area contributed by atoms with Crippen LogP contribution in [-0.2, 0) is 4.79 Å². The molecule has 120 valence electrons. The van der Waals surface area contributed by atoms with E-state index in [0.29, 0.717) is 11.7 Å². The number of pyridine rings is 1. The molecule has 0 spiro atoms. The van der Waals surface area contributed by atoms with Crippen LogP contribution >= 0.6 is 27.7 Å². The monoisotopic (exact) mass is 390 g/mol. The molecule has 3 nitrogen and oxygen atoms in total. The molecule has 3 rings (SSSR count). The lowest BCUT2D eigenvalue weighted by Gasteiger charge is -2.27. The summed E-state index contributed by atoms with van der Waals surface area (Å²) < 4.78 is 1.05. The molecule has 0 saturated carbocycles. The topological polar surface area (TPSA) is 33.2 Å². The van der Waals surface area contributed by atoms with Crippen molar-refractivity contribution in [1.82, 2.24) is 9.88 Å². The molecule has 23 heavy (non-hydrogen) atoms. The maximum Gasteiger partial charge on any atom is 0.233 e. The van der Waals surface area contributed by atoms with Crippen LogP contribution in [0.1, 0.15) is 24.8 Å².